The summed E-state index contributed by atoms with van der Waals surface area (Å²) in [4.78, 5) is 0. The predicted octanol–water partition coefficient (Wildman–Crippen LogP) is 4.19. The largest absolute Gasteiger partial charge is 0.309 e. The lowest BCUT2D eigenvalue weighted by Gasteiger charge is -2.08. The van der Waals surface area contributed by atoms with E-state index in [1.54, 1.807) is 12.1 Å². The fourth-order valence-corrected chi connectivity index (χ4v) is 2.23. The summed E-state index contributed by atoms with van der Waals surface area (Å²) in [6.07, 6.45) is 0. The van der Waals surface area contributed by atoms with Gasteiger partial charge in [0, 0.05) is 13.1 Å². The van der Waals surface area contributed by atoms with Crippen LogP contribution >= 0.6 is 15.9 Å². The van der Waals surface area contributed by atoms with Crippen LogP contribution in [0.3, 0.4) is 0 Å². The molecule has 0 aromatic heterocycles. The maximum Gasteiger partial charge on any atom is 0.137 e. The van der Waals surface area contributed by atoms with E-state index in [0.29, 0.717) is 4.47 Å². The molecule has 1 N–H and O–H groups in total. The number of hydrogen-bond acceptors (Lipinski definition) is 1. The van der Waals surface area contributed by atoms with E-state index in [2.05, 4.69) is 40.3 Å². The van der Waals surface area contributed by atoms with E-state index >= 15 is 0 Å². The van der Waals surface area contributed by atoms with Crippen LogP contribution in [-0.2, 0) is 13.1 Å². The summed E-state index contributed by atoms with van der Waals surface area (Å²) >= 11 is 3.19. The predicted molar refractivity (Wildman–Crippen MR) is 75.8 cm³/mol. The molecule has 0 spiro atoms. The Morgan fingerprint density at radius 1 is 1.11 bits per heavy atom. The van der Waals surface area contributed by atoms with Crippen LogP contribution in [0.4, 0.5) is 4.39 Å². The van der Waals surface area contributed by atoms with Gasteiger partial charge in [-0.1, -0.05) is 30.3 Å². The molecule has 0 amide bonds. The fraction of sp³-hybridized carbons (Fsp3) is 0.200. The Kier molecular flexibility index (Phi) is 4.50. The first-order chi connectivity index (χ1) is 8.66. The van der Waals surface area contributed by atoms with Gasteiger partial charge in [0.1, 0.15) is 5.82 Å². The van der Waals surface area contributed by atoms with Crippen LogP contribution in [0.2, 0.25) is 0 Å². The van der Waals surface area contributed by atoms with Gasteiger partial charge >= 0.3 is 0 Å². The van der Waals surface area contributed by atoms with Crippen LogP contribution in [0.15, 0.2) is 46.9 Å². The number of aryl methyl sites for hydroxylation is 1. The summed E-state index contributed by atoms with van der Waals surface area (Å²) < 4.78 is 13.6. The molecule has 0 aliphatic heterocycles. The quantitative estimate of drug-likeness (QED) is 0.893. The zero-order valence-electron chi connectivity index (χ0n) is 10.2. The first kappa shape index (κ1) is 13.2. The Bertz CT molecular complexity index is 540. The van der Waals surface area contributed by atoms with Crippen LogP contribution in [0.5, 0.6) is 0 Å². The Morgan fingerprint density at radius 2 is 1.89 bits per heavy atom. The monoisotopic (exact) mass is 307 g/mol. The van der Waals surface area contributed by atoms with E-state index in [1.807, 2.05) is 12.1 Å². The lowest BCUT2D eigenvalue weighted by atomic mass is 10.1. The first-order valence-electron chi connectivity index (χ1n) is 5.86. The molecular weight excluding hydrogens is 293 g/mol. The van der Waals surface area contributed by atoms with Crippen molar-refractivity contribution in [1.29, 1.82) is 0 Å². The molecule has 1 nitrogen and oxygen atoms in total. The van der Waals surface area contributed by atoms with Crippen molar-refractivity contribution in [2.75, 3.05) is 0 Å². The number of halogens is 2. The Balaban J connectivity index is 1.92. The fourth-order valence-electron chi connectivity index (χ4n) is 1.80. The summed E-state index contributed by atoms with van der Waals surface area (Å²) in [5, 5.41) is 3.36. The number of benzene rings is 2. The molecule has 0 fully saturated rings. The zero-order chi connectivity index (χ0) is 13.0. The lowest BCUT2D eigenvalue weighted by Crippen LogP contribution is -2.13. The zero-order valence-corrected chi connectivity index (χ0v) is 11.8. The Hall–Kier alpha value is -1.19. The molecule has 2 rings (SSSR count). The van der Waals surface area contributed by atoms with Crippen LogP contribution < -0.4 is 5.32 Å². The normalized spacial score (nSPS) is 10.6. The number of rotatable bonds is 4. The molecule has 0 bridgehead atoms. The second-order valence-corrected chi connectivity index (χ2v) is 5.13. The van der Waals surface area contributed by atoms with Gasteiger partial charge in [-0.25, -0.2) is 4.39 Å². The maximum absolute atomic E-state index is 13.1. The smallest absolute Gasteiger partial charge is 0.137 e. The average molecular weight is 308 g/mol. The van der Waals surface area contributed by atoms with Crippen molar-refractivity contribution in [1.82, 2.24) is 5.32 Å². The third-order valence-corrected chi connectivity index (χ3v) is 3.50. The first-order valence-corrected chi connectivity index (χ1v) is 6.65. The molecule has 0 heterocycles. The van der Waals surface area contributed by atoms with Gasteiger partial charge in [0.15, 0.2) is 0 Å². The van der Waals surface area contributed by atoms with Gasteiger partial charge in [-0.3, -0.25) is 0 Å². The van der Waals surface area contributed by atoms with Gasteiger partial charge in [0.25, 0.3) is 0 Å². The van der Waals surface area contributed by atoms with Crippen molar-refractivity contribution in [3.05, 3.63) is 69.4 Å². The minimum Gasteiger partial charge on any atom is -0.309 e. The van der Waals surface area contributed by atoms with E-state index in [-0.39, 0.29) is 5.82 Å². The van der Waals surface area contributed by atoms with Gasteiger partial charge < -0.3 is 5.32 Å². The number of nitrogens with one attached hydrogen (secondary N) is 1. The second-order valence-electron chi connectivity index (χ2n) is 4.28. The van der Waals surface area contributed by atoms with Gasteiger partial charge in [-0.15, -0.1) is 0 Å². The van der Waals surface area contributed by atoms with Crippen molar-refractivity contribution in [3.8, 4) is 0 Å². The highest BCUT2D eigenvalue weighted by Crippen LogP contribution is 2.16. The van der Waals surface area contributed by atoms with Crippen LogP contribution in [0.1, 0.15) is 16.7 Å². The molecule has 0 saturated heterocycles. The molecule has 94 valence electrons. The van der Waals surface area contributed by atoms with Gasteiger partial charge in [0.2, 0.25) is 0 Å². The topological polar surface area (TPSA) is 12.0 Å². The van der Waals surface area contributed by atoms with Crippen LogP contribution in [0.25, 0.3) is 0 Å². The highest BCUT2D eigenvalue weighted by molar-refractivity contribution is 9.10. The van der Waals surface area contributed by atoms with E-state index in [1.165, 1.54) is 17.2 Å². The second kappa shape index (κ2) is 6.12. The van der Waals surface area contributed by atoms with Crippen molar-refractivity contribution >= 4 is 15.9 Å². The maximum atomic E-state index is 13.1. The molecule has 3 heteroatoms. The molecule has 0 unspecified atom stereocenters. The van der Waals surface area contributed by atoms with Crippen LogP contribution in [-0.4, -0.2) is 0 Å². The van der Waals surface area contributed by atoms with Crippen molar-refractivity contribution < 1.29 is 4.39 Å². The molecule has 0 aliphatic carbocycles. The number of hydrogen-bond donors (Lipinski definition) is 1. The standard InChI is InChI=1S/C15H15BrFN/c1-11-4-2-3-5-13(11)10-18-9-12-6-7-15(17)14(16)8-12/h2-8,18H,9-10H2,1H3. The molecule has 0 aliphatic rings. The summed E-state index contributed by atoms with van der Waals surface area (Å²) in [6, 6.07) is 13.4. The minimum absolute atomic E-state index is 0.224. The van der Waals surface area contributed by atoms with Crippen molar-refractivity contribution in [2.24, 2.45) is 0 Å². The van der Waals surface area contributed by atoms with Crippen molar-refractivity contribution in [3.63, 3.8) is 0 Å². The van der Waals surface area contributed by atoms with E-state index in [4.69, 9.17) is 0 Å². The third-order valence-electron chi connectivity index (χ3n) is 2.89. The highest BCUT2D eigenvalue weighted by Gasteiger charge is 2.01. The molecular formula is C15H15BrFN. The summed E-state index contributed by atoms with van der Waals surface area (Å²) in [5.74, 6) is -0.224. The Morgan fingerprint density at radius 3 is 2.61 bits per heavy atom. The molecule has 2 aromatic carbocycles. The van der Waals surface area contributed by atoms with E-state index in [9.17, 15) is 4.39 Å². The van der Waals surface area contributed by atoms with Crippen LogP contribution in [0, 0.1) is 12.7 Å². The van der Waals surface area contributed by atoms with Gasteiger partial charge in [-0.2, -0.15) is 0 Å². The van der Waals surface area contributed by atoms with Crippen molar-refractivity contribution in [2.45, 2.75) is 20.0 Å². The minimum atomic E-state index is -0.224. The summed E-state index contributed by atoms with van der Waals surface area (Å²) in [5.41, 5.74) is 3.64. The van der Waals surface area contributed by atoms with Gasteiger partial charge in [0.05, 0.1) is 4.47 Å². The highest BCUT2D eigenvalue weighted by atomic mass is 79.9. The van der Waals surface area contributed by atoms with E-state index < -0.39 is 0 Å². The molecule has 0 saturated carbocycles. The lowest BCUT2D eigenvalue weighted by molar-refractivity contribution is 0.618. The third kappa shape index (κ3) is 3.40. The molecule has 18 heavy (non-hydrogen) atoms. The molecule has 0 atom stereocenters. The van der Waals surface area contributed by atoms with Gasteiger partial charge in [-0.05, 0) is 51.7 Å². The summed E-state index contributed by atoms with van der Waals surface area (Å²) in [6.45, 7) is 3.65. The average Bonchev–Trinajstić information content (AvgIpc) is 2.36. The molecule has 0 radical (unpaired) electrons. The van der Waals surface area contributed by atoms with E-state index in [0.717, 1.165) is 18.7 Å². The SMILES string of the molecule is Cc1ccccc1CNCc1ccc(F)c(Br)c1. The molecule has 2 aromatic rings. The Labute approximate surface area is 115 Å². The summed E-state index contributed by atoms with van der Waals surface area (Å²) in [7, 11) is 0.